The van der Waals surface area contributed by atoms with Crippen molar-refractivity contribution in [3.8, 4) is 0 Å². The van der Waals surface area contributed by atoms with Crippen LogP contribution in [0.25, 0.3) is 0 Å². The Kier molecular flexibility index (Phi) is 2.59. The first-order chi connectivity index (χ1) is 6.98. The van der Waals surface area contributed by atoms with E-state index >= 15 is 0 Å². The Morgan fingerprint density at radius 2 is 2.00 bits per heavy atom. The second-order valence-corrected chi connectivity index (χ2v) is 5.71. The highest BCUT2D eigenvalue weighted by atomic mass is 14.9. The minimum Gasteiger partial charge on any atom is -0.309 e. The Hall–Kier alpha value is -0.820. The van der Waals surface area contributed by atoms with Gasteiger partial charge in [0.1, 0.15) is 0 Å². The third-order valence-electron chi connectivity index (χ3n) is 3.22. The summed E-state index contributed by atoms with van der Waals surface area (Å²) < 4.78 is 0. The normalized spacial score (nSPS) is 21.2. The number of rotatable bonds is 0. The van der Waals surface area contributed by atoms with Crippen LogP contribution in [-0.2, 0) is 6.42 Å². The van der Waals surface area contributed by atoms with E-state index in [2.05, 4.69) is 51.2 Å². The van der Waals surface area contributed by atoms with Crippen LogP contribution >= 0.6 is 0 Å². The zero-order valence-electron chi connectivity index (χ0n) is 10.2. The molecular formula is C14H21N. The van der Waals surface area contributed by atoms with E-state index in [4.69, 9.17) is 0 Å². The van der Waals surface area contributed by atoms with Crippen molar-refractivity contribution in [2.75, 3.05) is 6.54 Å². The summed E-state index contributed by atoms with van der Waals surface area (Å²) in [6, 6.07) is 7.37. The van der Waals surface area contributed by atoms with Crippen LogP contribution < -0.4 is 5.32 Å². The van der Waals surface area contributed by atoms with E-state index in [-0.39, 0.29) is 0 Å². The van der Waals surface area contributed by atoms with E-state index in [1.54, 1.807) is 0 Å². The van der Waals surface area contributed by atoms with Gasteiger partial charge >= 0.3 is 0 Å². The van der Waals surface area contributed by atoms with Crippen molar-refractivity contribution in [3.05, 3.63) is 34.9 Å². The molecule has 0 amide bonds. The molecule has 1 atom stereocenters. The molecule has 2 rings (SSSR count). The van der Waals surface area contributed by atoms with E-state index in [1.165, 1.54) is 23.1 Å². The number of hydrogen-bond acceptors (Lipinski definition) is 1. The van der Waals surface area contributed by atoms with Crippen LogP contribution in [-0.4, -0.2) is 6.54 Å². The zero-order valence-corrected chi connectivity index (χ0v) is 10.2. The van der Waals surface area contributed by atoms with Gasteiger partial charge in [-0.05, 0) is 36.4 Å². The molecule has 1 aliphatic rings. The van der Waals surface area contributed by atoms with Crippen molar-refractivity contribution in [1.82, 2.24) is 5.32 Å². The van der Waals surface area contributed by atoms with Gasteiger partial charge in [-0.3, -0.25) is 0 Å². The van der Waals surface area contributed by atoms with Gasteiger partial charge in [0.05, 0.1) is 0 Å². The van der Waals surface area contributed by atoms with Crippen LogP contribution in [0.5, 0.6) is 0 Å². The summed E-state index contributed by atoms with van der Waals surface area (Å²) >= 11 is 0. The molecule has 1 unspecified atom stereocenters. The van der Waals surface area contributed by atoms with E-state index in [9.17, 15) is 0 Å². The molecule has 1 aromatic carbocycles. The summed E-state index contributed by atoms with van der Waals surface area (Å²) in [5, 5.41) is 3.63. The highest BCUT2D eigenvalue weighted by Crippen LogP contribution is 2.36. The highest BCUT2D eigenvalue weighted by molar-refractivity contribution is 5.36. The topological polar surface area (TPSA) is 12.0 Å². The third kappa shape index (κ3) is 2.07. The SMILES string of the molecule is Cc1ccc2c(c1)CCNC2C(C)(C)C. The fourth-order valence-electron chi connectivity index (χ4n) is 2.47. The standard InChI is InChI=1S/C14H21N/c1-10-5-6-12-11(9-10)7-8-15-13(12)14(2,3)4/h5-6,9,13,15H,7-8H2,1-4H3. The number of hydrogen-bond donors (Lipinski definition) is 1. The molecule has 1 nitrogen and oxygen atoms in total. The molecule has 0 bridgehead atoms. The lowest BCUT2D eigenvalue weighted by Gasteiger charge is -2.36. The minimum atomic E-state index is 0.296. The maximum Gasteiger partial charge on any atom is 0.0372 e. The van der Waals surface area contributed by atoms with Crippen molar-refractivity contribution in [1.29, 1.82) is 0 Å². The summed E-state index contributed by atoms with van der Waals surface area (Å²) in [5.41, 5.74) is 4.71. The third-order valence-corrected chi connectivity index (χ3v) is 3.22. The van der Waals surface area contributed by atoms with Crippen LogP contribution in [0.4, 0.5) is 0 Å². The fourth-order valence-corrected chi connectivity index (χ4v) is 2.47. The van der Waals surface area contributed by atoms with Crippen LogP contribution in [0.3, 0.4) is 0 Å². The quantitative estimate of drug-likeness (QED) is 0.682. The van der Waals surface area contributed by atoms with E-state index < -0.39 is 0 Å². The maximum absolute atomic E-state index is 3.63. The monoisotopic (exact) mass is 203 g/mol. The lowest BCUT2D eigenvalue weighted by molar-refractivity contribution is 0.263. The molecule has 1 aliphatic heterocycles. The molecule has 0 radical (unpaired) electrons. The van der Waals surface area contributed by atoms with Gasteiger partial charge in [0.15, 0.2) is 0 Å². The second kappa shape index (κ2) is 3.64. The average Bonchev–Trinajstić information content (AvgIpc) is 2.15. The molecule has 1 N–H and O–H groups in total. The molecule has 82 valence electrons. The first kappa shape index (κ1) is 10.7. The van der Waals surface area contributed by atoms with Crippen molar-refractivity contribution < 1.29 is 0 Å². The fraction of sp³-hybridized carbons (Fsp3) is 0.571. The molecule has 0 saturated carbocycles. The smallest absolute Gasteiger partial charge is 0.0372 e. The van der Waals surface area contributed by atoms with Gasteiger partial charge in [0, 0.05) is 6.04 Å². The summed E-state index contributed by atoms with van der Waals surface area (Å²) in [7, 11) is 0. The summed E-state index contributed by atoms with van der Waals surface area (Å²) in [6.07, 6.45) is 1.17. The lowest BCUT2D eigenvalue weighted by atomic mass is 9.78. The predicted octanol–water partition coefficient (Wildman–Crippen LogP) is 3.23. The van der Waals surface area contributed by atoms with Crippen LogP contribution in [0, 0.1) is 12.3 Å². The first-order valence-electron chi connectivity index (χ1n) is 5.81. The first-order valence-corrected chi connectivity index (χ1v) is 5.81. The van der Waals surface area contributed by atoms with Crippen molar-refractivity contribution >= 4 is 0 Å². The minimum absolute atomic E-state index is 0.296. The Balaban J connectivity index is 2.43. The molecule has 0 saturated heterocycles. The summed E-state index contributed by atoms with van der Waals surface area (Å²) in [6.45, 7) is 10.2. The molecule has 15 heavy (non-hydrogen) atoms. The number of nitrogens with one attached hydrogen (secondary N) is 1. The average molecular weight is 203 g/mol. The molecule has 1 heterocycles. The molecule has 0 aromatic heterocycles. The van der Waals surface area contributed by atoms with E-state index in [0.717, 1.165) is 6.54 Å². The van der Waals surface area contributed by atoms with Gasteiger partial charge in [-0.1, -0.05) is 44.5 Å². The maximum atomic E-state index is 3.63. The van der Waals surface area contributed by atoms with Gasteiger partial charge < -0.3 is 5.32 Å². The van der Waals surface area contributed by atoms with Crippen LogP contribution in [0.15, 0.2) is 18.2 Å². The van der Waals surface area contributed by atoms with Crippen LogP contribution in [0.2, 0.25) is 0 Å². The van der Waals surface area contributed by atoms with Gasteiger partial charge in [0.25, 0.3) is 0 Å². The molecule has 1 heteroatoms. The second-order valence-electron chi connectivity index (χ2n) is 5.71. The molecule has 1 aromatic rings. The van der Waals surface area contributed by atoms with Gasteiger partial charge in [-0.25, -0.2) is 0 Å². The Bertz CT molecular complexity index is 360. The summed E-state index contributed by atoms with van der Waals surface area (Å²) in [5.74, 6) is 0. The molecule has 0 fully saturated rings. The molecule has 0 spiro atoms. The lowest BCUT2D eigenvalue weighted by Crippen LogP contribution is -2.37. The van der Waals surface area contributed by atoms with Crippen LogP contribution in [0.1, 0.15) is 43.5 Å². The highest BCUT2D eigenvalue weighted by Gasteiger charge is 2.29. The van der Waals surface area contributed by atoms with Gasteiger partial charge in [0.2, 0.25) is 0 Å². The van der Waals surface area contributed by atoms with E-state index in [1.807, 2.05) is 0 Å². The van der Waals surface area contributed by atoms with Gasteiger partial charge in [-0.15, -0.1) is 0 Å². The largest absolute Gasteiger partial charge is 0.309 e. The van der Waals surface area contributed by atoms with Crippen molar-refractivity contribution in [2.45, 2.75) is 40.2 Å². The van der Waals surface area contributed by atoms with Gasteiger partial charge in [-0.2, -0.15) is 0 Å². The molecular weight excluding hydrogens is 182 g/mol. The Morgan fingerprint density at radius 1 is 1.27 bits per heavy atom. The van der Waals surface area contributed by atoms with E-state index in [0.29, 0.717) is 11.5 Å². The Morgan fingerprint density at radius 3 is 2.67 bits per heavy atom. The Labute approximate surface area is 92.9 Å². The van der Waals surface area contributed by atoms with Crippen molar-refractivity contribution in [3.63, 3.8) is 0 Å². The number of aryl methyl sites for hydroxylation is 1. The predicted molar refractivity (Wildman–Crippen MR) is 65.1 cm³/mol. The summed E-state index contributed by atoms with van der Waals surface area (Å²) in [4.78, 5) is 0. The van der Waals surface area contributed by atoms with Crippen molar-refractivity contribution in [2.24, 2.45) is 5.41 Å². The molecule has 0 aliphatic carbocycles. The number of fused-ring (bicyclic) bond motifs is 1. The number of benzene rings is 1. The zero-order chi connectivity index (χ0) is 11.1.